The molecule has 1 rings (SSSR count). The van der Waals surface area contributed by atoms with E-state index in [0.717, 1.165) is 0 Å². The van der Waals surface area contributed by atoms with Crippen molar-refractivity contribution in [1.29, 1.82) is 0 Å². The predicted octanol–water partition coefficient (Wildman–Crippen LogP) is -6.28. The van der Waals surface area contributed by atoms with Crippen molar-refractivity contribution in [2.75, 3.05) is 37.7 Å². The van der Waals surface area contributed by atoms with Gasteiger partial charge in [0.05, 0.1) is 20.2 Å². The minimum absolute atomic E-state index is 0. The molecule has 0 N–H and O–H groups in total. The molecule has 0 aromatic heterocycles. The van der Waals surface area contributed by atoms with Gasteiger partial charge in [0.25, 0.3) is 0 Å². The fourth-order valence-electron chi connectivity index (χ4n) is 2.87. The summed E-state index contributed by atoms with van der Waals surface area (Å²) in [6, 6.07) is 0. The molecule has 162 valence electrons. The van der Waals surface area contributed by atoms with Crippen LogP contribution in [0.5, 0.6) is 0 Å². The monoisotopic (exact) mass is 526 g/mol. The summed E-state index contributed by atoms with van der Waals surface area (Å²) in [6.45, 7) is 5.21. The van der Waals surface area contributed by atoms with Gasteiger partial charge in [-0.1, -0.05) is 0 Å². The van der Waals surface area contributed by atoms with Crippen molar-refractivity contribution in [3.8, 4) is 0 Å². The van der Waals surface area contributed by atoms with Gasteiger partial charge >= 0.3 is 103 Å². The minimum Gasteiger partial charge on any atom is -0.748 e. The second kappa shape index (κ2) is 14.4. The van der Waals surface area contributed by atoms with Gasteiger partial charge in [0.15, 0.2) is 0 Å². The van der Waals surface area contributed by atoms with Gasteiger partial charge in [-0.3, -0.25) is 0 Å². The standard InChI is InChI=1S/C14H30N2O8S3.2K/c1-14(2)16(27(14,23)24)11-7-10-15(8-3-5-12-25(17,18)19)9-4-6-13-26(20,21)22;;/h3-13H2,1-2H3,(H,17,18,19)(H,20,21,22);;/q;2*+1/p-2. The molecule has 0 aromatic carbocycles. The summed E-state index contributed by atoms with van der Waals surface area (Å²) in [4.78, 5) is 1.13. The first-order valence-electron chi connectivity index (χ1n) is 8.79. The molecule has 1 aliphatic rings. The van der Waals surface area contributed by atoms with E-state index in [9.17, 15) is 34.4 Å². The third-order valence-corrected chi connectivity index (χ3v) is 8.67. The SMILES string of the molecule is CC1(C)N(CCCN(CCCCS(=O)(=O)[O-])CCCCS(=O)(=O)[O-])S1(=O)=O.[K+].[K+]. The maximum atomic E-state index is 11.8. The van der Waals surface area contributed by atoms with Crippen LogP contribution in [-0.2, 0) is 30.3 Å². The molecule has 15 heteroatoms. The Kier molecular flexibility index (Phi) is 16.9. The van der Waals surface area contributed by atoms with Gasteiger partial charge in [0.1, 0.15) is 4.87 Å². The smallest absolute Gasteiger partial charge is 0.748 e. The van der Waals surface area contributed by atoms with Crippen LogP contribution in [0, 0.1) is 0 Å². The van der Waals surface area contributed by atoms with Gasteiger partial charge in [-0.2, -0.15) is 4.31 Å². The molecule has 1 fully saturated rings. The van der Waals surface area contributed by atoms with Crippen LogP contribution in [0.4, 0.5) is 0 Å². The fraction of sp³-hybridized carbons (Fsp3) is 1.00. The first-order chi connectivity index (χ1) is 12.2. The first kappa shape index (κ1) is 34.1. The molecular weight excluding hydrogens is 499 g/mol. The number of hydrogen-bond donors (Lipinski definition) is 0. The van der Waals surface area contributed by atoms with E-state index in [1.807, 2.05) is 4.90 Å². The molecule has 0 saturated carbocycles. The van der Waals surface area contributed by atoms with Crippen LogP contribution in [0.25, 0.3) is 0 Å². The number of hydrogen-bond acceptors (Lipinski definition) is 9. The molecule has 29 heavy (non-hydrogen) atoms. The van der Waals surface area contributed by atoms with Gasteiger partial charge in [-0.25, -0.2) is 25.3 Å². The molecule has 0 amide bonds. The summed E-state index contributed by atoms with van der Waals surface area (Å²) >= 11 is 0. The van der Waals surface area contributed by atoms with Crippen molar-refractivity contribution in [3.63, 3.8) is 0 Å². The van der Waals surface area contributed by atoms with Crippen molar-refractivity contribution < 1.29 is 137 Å². The number of nitrogens with zero attached hydrogens (tertiary/aromatic N) is 2. The summed E-state index contributed by atoms with van der Waals surface area (Å²) in [5.41, 5.74) is 0. The Balaban J connectivity index is 0. The van der Waals surface area contributed by atoms with Gasteiger partial charge in [0.2, 0.25) is 10.0 Å². The maximum Gasteiger partial charge on any atom is 1.00 e. The van der Waals surface area contributed by atoms with Gasteiger partial charge < -0.3 is 14.0 Å². The van der Waals surface area contributed by atoms with E-state index in [-0.39, 0.29) is 116 Å². The Labute approximate surface area is 260 Å². The zero-order valence-corrected chi connectivity index (χ0v) is 26.4. The van der Waals surface area contributed by atoms with Crippen LogP contribution in [0.1, 0.15) is 46.0 Å². The molecule has 10 nitrogen and oxygen atoms in total. The van der Waals surface area contributed by atoms with Crippen LogP contribution in [0.15, 0.2) is 0 Å². The van der Waals surface area contributed by atoms with Crippen molar-refractivity contribution in [3.05, 3.63) is 0 Å². The Hall–Kier alpha value is 2.96. The van der Waals surface area contributed by atoms with Crippen LogP contribution in [0.3, 0.4) is 0 Å². The summed E-state index contributed by atoms with van der Waals surface area (Å²) < 4.78 is 88.7. The van der Waals surface area contributed by atoms with Crippen LogP contribution >= 0.6 is 0 Å². The number of unbranched alkanes of at least 4 members (excludes halogenated alkanes) is 2. The van der Waals surface area contributed by atoms with E-state index in [4.69, 9.17) is 0 Å². The van der Waals surface area contributed by atoms with Crippen molar-refractivity contribution in [1.82, 2.24) is 9.21 Å². The first-order valence-corrected chi connectivity index (χ1v) is 13.4. The van der Waals surface area contributed by atoms with E-state index in [2.05, 4.69) is 0 Å². The Morgan fingerprint density at radius 1 is 0.793 bits per heavy atom. The van der Waals surface area contributed by atoms with Crippen LogP contribution in [-0.4, -0.2) is 86.1 Å². The van der Waals surface area contributed by atoms with Gasteiger partial charge in [-0.15, -0.1) is 0 Å². The van der Waals surface area contributed by atoms with Gasteiger partial charge in [0, 0.05) is 18.1 Å². The molecule has 1 unspecified atom stereocenters. The maximum absolute atomic E-state index is 11.8. The normalized spacial score (nSPS) is 20.0. The van der Waals surface area contributed by atoms with E-state index in [1.165, 1.54) is 4.31 Å². The summed E-state index contributed by atoms with van der Waals surface area (Å²) in [5.74, 6) is -0.870. The molecule has 1 saturated heterocycles. The van der Waals surface area contributed by atoms with Crippen LogP contribution in [0.2, 0.25) is 0 Å². The Bertz CT molecular complexity index is 761. The quantitative estimate of drug-likeness (QED) is 0.0930. The van der Waals surface area contributed by atoms with Crippen molar-refractivity contribution in [2.45, 2.75) is 50.8 Å². The van der Waals surface area contributed by atoms with E-state index in [1.54, 1.807) is 13.8 Å². The van der Waals surface area contributed by atoms with Gasteiger partial charge in [-0.05, 0) is 65.6 Å². The van der Waals surface area contributed by atoms with Crippen LogP contribution < -0.4 is 103 Å². The third-order valence-electron chi connectivity index (χ3n) is 4.56. The molecule has 0 spiro atoms. The predicted molar refractivity (Wildman–Crippen MR) is 98.4 cm³/mol. The topological polar surface area (TPSA) is 155 Å². The molecule has 0 bridgehead atoms. The molecule has 0 aliphatic carbocycles. The summed E-state index contributed by atoms with van der Waals surface area (Å²) in [5, 5.41) is 0. The molecule has 1 aliphatic heterocycles. The number of rotatable bonds is 14. The average molecular weight is 527 g/mol. The zero-order valence-electron chi connectivity index (χ0n) is 17.7. The molecule has 0 aromatic rings. The molecule has 0 radical (unpaired) electrons. The Morgan fingerprint density at radius 3 is 1.45 bits per heavy atom. The summed E-state index contributed by atoms with van der Waals surface area (Å²) in [6.07, 6.45) is 1.99. The van der Waals surface area contributed by atoms with E-state index in [0.29, 0.717) is 45.4 Å². The van der Waals surface area contributed by atoms with Crippen molar-refractivity contribution in [2.24, 2.45) is 0 Å². The fourth-order valence-corrected chi connectivity index (χ4v) is 5.59. The largest absolute Gasteiger partial charge is 1.00 e. The second-order valence-corrected chi connectivity index (χ2v) is 12.6. The summed E-state index contributed by atoms with van der Waals surface area (Å²) in [7, 11) is -11.7. The number of sulfonamides is 1. The third kappa shape index (κ3) is 13.4. The minimum atomic E-state index is -4.25. The van der Waals surface area contributed by atoms with E-state index < -0.39 is 46.6 Å². The molecule has 1 heterocycles. The average Bonchev–Trinajstić information content (AvgIpc) is 2.87. The molecular formula is C14H28K2N2O8S3. The zero-order chi connectivity index (χ0) is 20.9. The second-order valence-electron chi connectivity index (χ2n) is 7.16. The molecule has 1 atom stereocenters. The Morgan fingerprint density at radius 2 is 1.14 bits per heavy atom. The van der Waals surface area contributed by atoms with E-state index >= 15 is 0 Å². The van der Waals surface area contributed by atoms with Crippen molar-refractivity contribution >= 4 is 30.3 Å².